The predicted octanol–water partition coefficient (Wildman–Crippen LogP) is 5.50. The van der Waals surface area contributed by atoms with Gasteiger partial charge in [0.05, 0.1) is 24.9 Å². The number of amidine groups is 1. The van der Waals surface area contributed by atoms with Crippen molar-refractivity contribution < 1.29 is 14.3 Å². The van der Waals surface area contributed by atoms with E-state index in [9.17, 15) is 4.79 Å². The van der Waals surface area contributed by atoms with Gasteiger partial charge in [-0.3, -0.25) is 9.69 Å². The number of aliphatic imine (C=N–C) groups is 1. The zero-order valence-electron chi connectivity index (χ0n) is 17.4. The summed E-state index contributed by atoms with van der Waals surface area (Å²) in [5, 5.41) is 0.523. The molecule has 3 aromatic rings. The van der Waals surface area contributed by atoms with Gasteiger partial charge in [0.15, 0.2) is 0 Å². The van der Waals surface area contributed by atoms with Crippen LogP contribution >= 0.6 is 11.6 Å². The van der Waals surface area contributed by atoms with Gasteiger partial charge in [-0.1, -0.05) is 41.4 Å². The third-order valence-electron chi connectivity index (χ3n) is 5.00. The second kappa shape index (κ2) is 8.66. The van der Waals surface area contributed by atoms with Crippen molar-refractivity contribution in [2.45, 2.75) is 6.92 Å². The average molecular weight is 433 g/mol. The van der Waals surface area contributed by atoms with Crippen LogP contribution in [0.5, 0.6) is 11.5 Å². The number of benzene rings is 3. The van der Waals surface area contributed by atoms with Gasteiger partial charge in [-0.15, -0.1) is 0 Å². The van der Waals surface area contributed by atoms with Crippen molar-refractivity contribution in [2.24, 2.45) is 4.99 Å². The molecule has 31 heavy (non-hydrogen) atoms. The van der Waals surface area contributed by atoms with E-state index in [1.54, 1.807) is 37.3 Å². The molecule has 0 unspecified atom stereocenters. The number of halogens is 1. The summed E-state index contributed by atoms with van der Waals surface area (Å²) in [6.07, 6.45) is 1.71. The van der Waals surface area contributed by atoms with E-state index in [1.807, 2.05) is 61.5 Å². The third kappa shape index (κ3) is 4.05. The molecule has 6 heteroatoms. The number of rotatable bonds is 5. The maximum Gasteiger partial charge on any atom is 0.282 e. The van der Waals surface area contributed by atoms with E-state index in [4.69, 9.17) is 21.1 Å². The van der Waals surface area contributed by atoms with Gasteiger partial charge in [-0.2, -0.15) is 0 Å². The fourth-order valence-electron chi connectivity index (χ4n) is 3.36. The first kappa shape index (κ1) is 20.7. The van der Waals surface area contributed by atoms with Crippen LogP contribution in [0.15, 0.2) is 77.4 Å². The number of nitrogens with zero attached hydrogens (tertiary/aromatic N) is 2. The molecule has 0 saturated heterocycles. The summed E-state index contributed by atoms with van der Waals surface area (Å²) in [4.78, 5) is 19.7. The average Bonchev–Trinajstić information content (AvgIpc) is 3.10. The lowest BCUT2D eigenvalue weighted by Gasteiger charge is -2.19. The predicted molar refractivity (Wildman–Crippen MR) is 124 cm³/mol. The molecule has 1 aliphatic heterocycles. The molecule has 0 fully saturated rings. The van der Waals surface area contributed by atoms with Crippen molar-refractivity contribution in [3.63, 3.8) is 0 Å². The Morgan fingerprint density at radius 2 is 1.71 bits per heavy atom. The number of hydrogen-bond acceptors (Lipinski definition) is 4. The number of carbonyl (C=O) groups excluding carboxylic acids is 1. The first-order valence-electron chi connectivity index (χ1n) is 9.70. The van der Waals surface area contributed by atoms with E-state index >= 15 is 0 Å². The Balaban J connectivity index is 1.85. The standard InChI is InChI=1S/C25H21ClN2O3/c1-16-8-11-18(12-9-16)28-24(20-6-4-5-7-21(20)26)27-22(25(28)29)14-17-10-13-19(30-2)15-23(17)31-3/h4-15H,1-3H3/b22-14+. The fourth-order valence-corrected chi connectivity index (χ4v) is 3.58. The van der Waals surface area contributed by atoms with Crippen LogP contribution in [-0.2, 0) is 4.79 Å². The molecule has 4 rings (SSSR count). The Kier molecular flexibility index (Phi) is 5.78. The topological polar surface area (TPSA) is 51.1 Å². The molecule has 0 aromatic heterocycles. The Labute approximate surface area is 186 Å². The maximum atomic E-state index is 13.4. The molecular formula is C25H21ClN2O3. The summed E-state index contributed by atoms with van der Waals surface area (Å²) in [5.41, 5.74) is 3.52. The molecule has 0 atom stereocenters. The highest BCUT2D eigenvalue weighted by Gasteiger charge is 2.33. The van der Waals surface area contributed by atoms with Gasteiger partial charge in [0, 0.05) is 17.2 Å². The monoisotopic (exact) mass is 432 g/mol. The van der Waals surface area contributed by atoms with Crippen molar-refractivity contribution in [1.82, 2.24) is 0 Å². The summed E-state index contributed by atoms with van der Waals surface area (Å²) in [5.74, 6) is 1.50. The number of ether oxygens (including phenoxy) is 2. The summed E-state index contributed by atoms with van der Waals surface area (Å²) in [6, 6.07) is 20.5. The van der Waals surface area contributed by atoms with Gasteiger partial charge in [-0.05, 0) is 49.4 Å². The first-order chi connectivity index (χ1) is 15.0. The van der Waals surface area contributed by atoms with Crippen molar-refractivity contribution in [2.75, 3.05) is 19.1 Å². The molecular weight excluding hydrogens is 412 g/mol. The van der Waals surface area contributed by atoms with Crippen LogP contribution in [0.4, 0.5) is 5.69 Å². The van der Waals surface area contributed by atoms with Crippen molar-refractivity contribution in [3.05, 3.63) is 94.1 Å². The first-order valence-corrected chi connectivity index (χ1v) is 10.1. The highest BCUT2D eigenvalue weighted by molar-refractivity contribution is 6.39. The molecule has 3 aromatic carbocycles. The van der Waals surface area contributed by atoms with Crippen LogP contribution in [0, 0.1) is 6.92 Å². The van der Waals surface area contributed by atoms with E-state index in [1.165, 1.54) is 0 Å². The molecule has 156 valence electrons. The van der Waals surface area contributed by atoms with Crippen LogP contribution in [-0.4, -0.2) is 26.0 Å². The van der Waals surface area contributed by atoms with Gasteiger partial charge in [0.25, 0.3) is 5.91 Å². The number of carbonyl (C=O) groups is 1. The zero-order valence-corrected chi connectivity index (χ0v) is 18.2. The number of amides is 1. The Bertz CT molecular complexity index is 1200. The molecule has 0 saturated carbocycles. The molecule has 0 bridgehead atoms. The lowest BCUT2D eigenvalue weighted by atomic mass is 10.1. The van der Waals surface area contributed by atoms with Gasteiger partial charge < -0.3 is 9.47 Å². The normalized spacial score (nSPS) is 14.7. The second-order valence-electron chi connectivity index (χ2n) is 7.03. The van der Waals surface area contributed by atoms with Gasteiger partial charge >= 0.3 is 0 Å². The number of methoxy groups -OCH3 is 2. The molecule has 5 nitrogen and oxygen atoms in total. The molecule has 0 N–H and O–H groups in total. The van der Waals surface area contributed by atoms with E-state index in [-0.39, 0.29) is 5.91 Å². The molecule has 0 aliphatic carbocycles. The van der Waals surface area contributed by atoms with Gasteiger partial charge in [0.1, 0.15) is 23.0 Å². The SMILES string of the molecule is COc1ccc(/C=C2/N=C(c3ccccc3Cl)N(c3ccc(C)cc3)C2=O)c(OC)c1. The van der Waals surface area contributed by atoms with Crippen LogP contribution in [0.2, 0.25) is 5.02 Å². The molecule has 1 aliphatic rings. The van der Waals surface area contributed by atoms with Crippen molar-refractivity contribution >= 4 is 35.1 Å². The number of aryl methyl sites for hydroxylation is 1. The second-order valence-corrected chi connectivity index (χ2v) is 7.44. The minimum atomic E-state index is -0.239. The van der Waals surface area contributed by atoms with Crippen LogP contribution in [0.1, 0.15) is 16.7 Å². The maximum absolute atomic E-state index is 13.4. The van der Waals surface area contributed by atoms with Gasteiger partial charge in [-0.25, -0.2) is 4.99 Å². The Morgan fingerprint density at radius 3 is 2.39 bits per heavy atom. The van der Waals surface area contributed by atoms with Crippen molar-refractivity contribution in [1.29, 1.82) is 0 Å². The smallest absolute Gasteiger partial charge is 0.282 e. The van der Waals surface area contributed by atoms with Gasteiger partial charge in [0.2, 0.25) is 0 Å². The molecule has 1 heterocycles. The minimum Gasteiger partial charge on any atom is -0.497 e. The zero-order chi connectivity index (χ0) is 22.0. The van der Waals surface area contributed by atoms with Crippen LogP contribution in [0.3, 0.4) is 0 Å². The third-order valence-corrected chi connectivity index (χ3v) is 5.33. The van der Waals surface area contributed by atoms with Crippen LogP contribution < -0.4 is 14.4 Å². The summed E-state index contributed by atoms with van der Waals surface area (Å²) < 4.78 is 10.7. The number of anilines is 1. The van der Waals surface area contributed by atoms with E-state index in [0.717, 1.165) is 16.8 Å². The van der Waals surface area contributed by atoms with E-state index in [2.05, 4.69) is 4.99 Å². The Hall–Kier alpha value is -3.57. The van der Waals surface area contributed by atoms with Crippen molar-refractivity contribution in [3.8, 4) is 11.5 Å². The summed E-state index contributed by atoms with van der Waals surface area (Å²) in [6.45, 7) is 2.00. The van der Waals surface area contributed by atoms with Crippen LogP contribution in [0.25, 0.3) is 6.08 Å². The molecule has 1 amide bonds. The highest BCUT2D eigenvalue weighted by Crippen LogP contribution is 2.32. The fraction of sp³-hybridized carbons (Fsp3) is 0.120. The Morgan fingerprint density at radius 1 is 0.968 bits per heavy atom. The largest absolute Gasteiger partial charge is 0.497 e. The van der Waals surface area contributed by atoms with E-state index in [0.29, 0.717) is 33.6 Å². The number of hydrogen-bond donors (Lipinski definition) is 0. The summed E-state index contributed by atoms with van der Waals surface area (Å²) >= 11 is 6.45. The lowest BCUT2D eigenvalue weighted by molar-refractivity contribution is -0.113. The highest BCUT2D eigenvalue weighted by atomic mass is 35.5. The quantitative estimate of drug-likeness (QED) is 0.500. The molecule has 0 radical (unpaired) electrons. The van der Waals surface area contributed by atoms with E-state index < -0.39 is 0 Å². The summed E-state index contributed by atoms with van der Waals surface area (Å²) in [7, 11) is 3.16. The lowest BCUT2D eigenvalue weighted by Crippen LogP contribution is -2.32. The molecule has 0 spiro atoms. The minimum absolute atomic E-state index is 0.239.